The van der Waals surface area contributed by atoms with Crippen LogP contribution in [0.25, 0.3) is 0 Å². The lowest BCUT2D eigenvalue weighted by molar-refractivity contribution is -0.122. The number of hydrogen-bond donors (Lipinski definition) is 0. The van der Waals surface area contributed by atoms with Gasteiger partial charge in [0.15, 0.2) is 6.61 Å². The summed E-state index contributed by atoms with van der Waals surface area (Å²) in [5.41, 5.74) is 1.79. The fourth-order valence-corrected chi connectivity index (χ4v) is 5.56. The number of sulfonamides is 1. The Morgan fingerprint density at radius 2 is 1.84 bits per heavy atom. The Morgan fingerprint density at radius 1 is 1.16 bits per heavy atom. The van der Waals surface area contributed by atoms with E-state index in [4.69, 9.17) is 16.3 Å². The van der Waals surface area contributed by atoms with Crippen LogP contribution in [0.15, 0.2) is 47.4 Å². The number of para-hydroxylation sites is 1. The average molecular weight is 479 g/mol. The van der Waals surface area contributed by atoms with E-state index in [1.807, 2.05) is 31.2 Å². The van der Waals surface area contributed by atoms with Gasteiger partial charge in [-0.05, 0) is 49.6 Å². The largest absolute Gasteiger partial charge is 0.452 e. The molecule has 2 aromatic carbocycles. The molecule has 1 aliphatic heterocycles. The second kappa shape index (κ2) is 10.0. The maximum Gasteiger partial charge on any atom is 0.340 e. The van der Waals surface area contributed by atoms with E-state index in [0.29, 0.717) is 13.1 Å². The van der Waals surface area contributed by atoms with Gasteiger partial charge in [0, 0.05) is 24.8 Å². The van der Waals surface area contributed by atoms with Crippen LogP contribution < -0.4 is 4.90 Å². The molecule has 7 nitrogen and oxygen atoms in total. The minimum absolute atomic E-state index is 0.0257. The van der Waals surface area contributed by atoms with Gasteiger partial charge in [0.05, 0.1) is 15.5 Å². The highest BCUT2D eigenvalue weighted by molar-refractivity contribution is 7.89. The van der Waals surface area contributed by atoms with Crippen LogP contribution in [0, 0.1) is 0 Å². The molecule has 1 unspecified atom stereocenters. The Labute approximate surface area is 194 Å². The monoisotopic (exact) mass is 478 g/mol. The number of fused-ring (bicyclic) bond motifs is 1. The van der Waals surface area contributed by atoms with Gasteiger partial charge in [-0.1, -0.05) is 43.6 Å². The highest BCUT2D eigenvalue weighted by atomic mass is 35.5. The minimum atomic E-state index is -3.77. The average Bonchev–Trinajstić information content (AvgIpc) is 2.78. The Bertz CT molecular complexity index is 1120. The number of carbonyl (C=O) groups is 2. The molecule has 2 aromatic rings. The number of carbonyl (C=O) groups excluding carboxylic acids is 2. The van der Waals surface area contributed by atoms with Crippen molar-refractivity contribution in [2.45, 2.75) is 44.6 Å². The van der Waals surface area contributed by atoms with E-state index in [2.05, 4.69) is 0 Å². The maximum absolute atomic E-state index is 12.9. The van der Waals surface area contributed by atoms with Gasteiger partial charge < -0.3 is 9.64 Å². The molecule has 0 saturated carbocycles. The first-order valence-corrected chi connectivity index (χ1v) is 12.4. The van der Waals surface area contributed by atoms with Crippen LogP contribution in [0.1, 0.15) is 43.1 Å². The van der Waals surface area contributed by atoms with Gasteiger partial charge >= 0.3 is 5.97 Å². The molecule has 1 aliphatic rings. The van der Waals surface area contributed by atoms with E-state index < -0.39 is 22.6 Å². The molecule has 172 valence electrons. The van der Waals surface area contributed by atoms with Gasteiger partial charge in [-0.3, -0.25) is 4.79 Å². The first-order chi connectivity index (χ1) is 15.2. The van der Waals surface area contributed by atoms with Gasteiger partial charge in [-0.15, -0.1) is 0 Å². The quantitative estimate of drug-likeness (QED) is 0.563. The summed E-state index contributed by atoms with van der Waals surface area (Å²) < 4.78 is 32.1. The zero-order valence-corrected chi connectivity index (χ0v) is 19.9. The van der Waals surface area contributed by atoms with Crippen molar-refractivity contribution in [2.75, 3.05) is 24.6 Å². The van der Waals surface area contributed by atoms with E-state index in [0.717, 1.165) is 24.1 Å². The van der Waals surface area contributed by atoms with Crippen LogP contribution in [0.4, 0.5) is 5.69 Å². The van der Waals surface area contributed by atoms with E-state index in [9.17, 15) is 18.0 Å². The summed E-state index contributed by atoms with van der Waals surface area (Å²) >= 11 is 6.14. The lowest BCUT2D eigenvalue weighted by Gasteiger charge is -2.35. The molecule has 0 aliphatic carbocycles. The maximum atomic E-state index is 12.9. The van der Waals surface area contributed by atoms with E-state index in [1.165, 1.54) is 22.5 Å². The second-order valence-electron chi connectivity index (χ2n) is 7.59. The first-order valence-electron chi connectivity index (χ1n) is 10.6. The first kappa shape index (κ1) is 24.2. The Morgan fingerprint density at radius 3 is 2.53 bits per heavy atom. The van der Waals surface area contributed by atoms with Crippen LogP contribution in [-0.4, -0.2) is 50.3 Å². The van der Waals surface area contributed by atoms with E-state index in [-0.39, 0.29) is 27.4 Å². The summed E-state index contributed by atoms with van der Waals surface area (Å²) in [6.45, 7) is 5.54. The minimum Gasteiger partial charge on any atom is -0.452 e. The number of amides is 1. The topological polar surface area (TPSA) is 84.0 Å². The zero-order chi connectivity index (χ0) is 23.5. The summed E-state index contributed by atoms with van der Waals surface area (Å²) in [6, 6.07) is 11.5. The predicted molar refractivity (Wildman–Crippen MR) is 124 cm³/mol. The number of ether oxygens (including phenoxy) is 1. The lowest BCUT2D eigenvalue weighted by atomic mass is 9.96. The Kier molecular flexibility index (Phi) is 7.59. The Balaban J connectivity index is 1.78. The third-order valence-corrected chi connectivity index (χ3v) is 8.00. The number of rotatable bonds is 7. The van der Waals surface area contributed by atoms with Crippen molar-refractivity contribution in [3.8, 4) is 0 Å². The Hall–Kier alpha value is -2.42. The number of nitrogens with zero attached hydrogens (tertiary/aromatic N) is 2. The van der Waals surface area contributed by atoms with Crippen molar-refractivity contribution in [2.24, 2.45) is 0 Å². The fourth-order valence-electron chi connectivity index (χ4n) is 3.88. The molecular formula is C23H27ClN2O5S. The fraction of sp³-hybridized carbons (Fsp3) is 0.391. The molecule has 1 amide bonds. The molecule has 0 N–H and O–H groups in total. The summed E-state index contributed by atoms with van der Waals surface area (Å²) in [7, 11) is -3.77. The van der Waals surface area contributed by atoms with Gasteiger partial charge in [0.1, 0.15) is 0 Å². The van der Waals surface area contributed by atoms with Crippen LogP contribution in [0.3, 0.4) is 0 Å². The summed E-state index contributed by atoms with van der Waals surface area (Å²) in [5, 5.41) is 0.0534. The van der Waals surface area contributed by atoms with Crippen molar-refractivity contribution in [1.82, 2.24) is 4.31 Å². The number of benzene rings is 2. The molecule has 3 rings (SSSR count). The number of halogens is 1. The molecular weight excluding hydrogens is 452 g/mol. The number of aryl methyl sites for hydroxylation is 1. The molecule has 0 bridgehead atoms. The smallest absolute Gasteiger partial charge is 0.340 e. The molecule has 1 heterocycles. The van der Waals surface area contributed by atoms with E-state index >= 15 is 0 Å². The molecule has 0 fully saturated rings. The summed E-state index contributed by atoms with van der Waals surface area (Å²) in [6.07, 6.45) is 1.69. The van der Waals surface area contributed by atoms with Crippen LogP contribution in [0.2, 0.25) is 5.02 Å². The molecule has 9 heteroatoms. The normalized spacial score (nSPS) is 16.0. The summed E-state index contributed by atoms with van der Waals surface area (Å²) in [5.74, 6) is -1.20. The van der Waals surface area contributed by atoms with Gasteiger partial charge in [-0.25, -0.2) is 13.2 Å². The van der Waals surface area contributed by atoms with Crippen molar-refractivity contribution in [1.29, 1.82) is 0 Å². The molecule has 32 heavy (non-hydrogen) atoms. The van der Waals surface area contributed by atoms with Crippen LogP contribution in [-0.2, 0) is 26.0 Å². The number of esters is 1. The van der Waals surface area contributed by atoms with Gasteiger partial charge in [0.2, 0.25) is 10.0 Å². The standard InChI is InChI=1S/C23H27ClN2O5S/c1-4-25(5-2)32(29,30)18-12-13-20(24)19(14-18)23(28)31-15-22(27)26-16(3)10-11-17-8-6-7-9-21(17)26/h6-9,12-14,16H,4-5,10-11,15H2,1-3H3. The van der Waals surface area contributed by atoms with Gasteiger partial charge in [-0.2, -0.15) is 4.31 Å². The van der Waals surface area contributed by atoms with Crippen LogP contribution >= 0.6 is 11.6 Å². The molecule has 0 aromatic heterocycles. The highest BCUT2D eigenvalue weighted by Crippen LogP contribution is 2.30. The van der Waals surface area contributed by atoms with Crippen molar-refractivity contribution < 1.29 is 22.7 Å². The lowest BCUT2D eigenvalue weighted by Crippen LogP contribution is -2.44. The SMILES string of the molecule is CCN(CC)S(=O)(=O)c1ccc(Cl)c(C(=O)OCC(=O)N2c3ccccc3CCC2C)c1. The van der Waals surface area contributed by atoms with E-state index in [1.54, 1.807) is 18.7 Å². The number of hydrogen-bond acceptors (Lipinski definition) is 5. The van der Waals surface area contributed by atoms with Crippen molar-refractivity contribution >= 4 is 39.2 Å². The van der Waals surface area contributed by atoms with Crippen molar-refractivity contribution in [3.63, 3.8) is 0 Å². The molecule has 0 spiro atoms. The second-order valence-corrected chi connectivity index (χ2v) is 9.93. The third-order valence-electron chi connectivity index (χ3n) is 5.62. The van der Waals surface area contributed by atoms with Crippen LogP contribution in [0.5, 0.6) is 0 Å². The molecule has 1 atom stereocenters. The predicted octanol–water partition coefficient (Wildman–Crippen LogP) is 3.90. The molecule has 0 radical (unpaired) electrons. The number of anilines is 1. The van der Waals surface area contributed by atoms with Gasteiger partial charge in [0.25, 0.3) is 5.91 Å². The summed E-state index contributed by atoms with van der Waals surface area (Å²) in [4.78, 5) is 27.2. The van der Waals surface area contributed by atoms with Crippen molar-refractivity contribution in [3.05, 3.63) is 58.6 Å². The highest BCUT2D eigenvalue weighted by Gasteiger charge is 2.29. The molecule has 0 saturated heterocycles. The third kappa shape index (κ3) is 4.82. The zero-order valence-electron chi connectivity index (χ0n) is 18.4.